The Bertz CT molecular complexity index is 1190. The zero-order valence-electron chi connectivity index (χ0n) is 16.6. The molecule has 7 nitrogen and oxygen atoms in total. The van der Waals surface area contributed by atoms with Crippen LogP contribution in [0.25, 0.3) is 11.3 Å². The van der Waals surface area contributed by atoms with Crippen LogP contribution in [0.15, 0.2) is 59.5 Å². The molecule has 4 rings (SSSR count). The van der Waals surface area contributed by atoms with E-state index in [1.54, 1.807) is 19.2 Å². The summed E-state index contributed by atoms with van der Waals surface area (Å²) in [7, 11) is -1.97. The van der Waals surface area contributed by atoms with Crippen LogP contribution in [-0.4, -0.2) is 43.1 Å². The van der Waals surface area contributed by atoms with Gasteiger partial charge in [-0.1, -0.05) is 18.2 Å². The normalized spacial score (nSPS) is 15.6. The van der Waals surface area contributed by atoms with Gasteiger partial charge in [-0.05, 0) is 49.2 Å². The number of H-pyrrole nitrogens is 1. The minimum atomic E-state index is -3.60. The predicted octanol–water partition coefficient (Wildman–Crippen LogP) is 3.53. The number of rotatable bonds is 5. The van der Waals surface area contributed by atoms with Crippen molar-refractivity contribution >= 4 is 10.0 Å². The molecular formula is C22H22N4O3S. The van der Waals surface area contributed by atoms with E-state index in [2.05, 4.69) is 10.2 Å². The number of ether oxygens (including phenoxy) is 1. The number of benzene rings is 2. The SMILES string of the molecule is COc1cccc(-c2cc(C3CCN(S(=O)(=O)c4cccc(C#N)c4)CC3)[nH]n2)c1. The van der Waals surface area contributed by atoms with Crippen LogP contribution in [0.3, 0.4) is 0 Å². The van der Waals surface area contributed by atoms with E-state index in [0.29, 0.717) is 31.5 Å². The maximum absolute atomic E-state index is 12.9. The second-order valence-corrected chi connectivity index (χ2v) is 9.20. The van der Waals surface area contributed by atoms with Crippen molar-refractivity contribution < 1.29 is 13.2 Å². The van der Waals surface area contributed by atoms with Gasteiger partial charge < -0.3 is 4.74 Å². The molecule has 1 aliphatic rings. The van der Waals surface area contributed by atoms with Gasteiger partial charge in [-0.15, -0.1) is 0 Å². The van der Waals surface area contributed by atoms with Crippen molar-refractivity contribution in [3.8, 4) is 23.1 Å². The highest BCUT2D eigenvalue weighted by atomic mass is 32.2. The van der Waals surface area contributed by atoms with E-state index in [1.807, 2.05) is 36.4 Å². The number of nitriles is 1. The molecule has 0 saturated carbocycles. The molecule has 0 amide bonds. The van der Waals surface area contributed by atoms with Crippen LogP contribution in [0.5, 0.6) is 5.75 Å². The number of aromatic amines is 1. The first kappa shape index (κ1) is 20.1. The quantitative estimate of drug-likeness (QED) is 0.678. The molecule has 1 N–H and O–H groups in total. The van der Waals surface area contributed by atoms with E-state index < -0.39 is 10.0 Å². The lowest BCUT2D eigenvalue weighted by Gasteiger charge is -2.30. The van der Waals surface area contributed by atoms with Crippen LogP contribution in [0, 0.1) is 11.3 Å². The molecule has 2 aromatic carbocycles. The van der Waals surface area contributed by atoms with E-state index in [-0.39, 0.29) is 10.8 Å². The molecule has 2 heterocycles. The van der Waals surface area contributed by atoms with E-state index >= 15 is 0 Å². The maximum Gasteiger partial charge on any atom is 0.243 e. The highest BCUT2D eigenvalue weighted by Crippen LogP contribution is 2.32. The monoisotopic (exact) mass is 422 g/mol. The first-order valence-corrected chi connectivity index (χ1v) is 11.2. The number of hydrogen-bond donors (Lipinski definition) is 1. The Morgan fingerprint density at radius 3 is 2.63 bits per heavy atom. The van der Waals surface area contributed by atoms with Gasteiger partial charge in [0, 0.05) is 30.3 Å². The van der Waals surface area contributed by atoms with Crippen molar-refractivity contribution in [3.05, 3.63) is 65.9 Å². The van der Waals surface area contributed by atoms with Gasteiger partial charge in [0.2, 0.25) is 10.0 Å². The van der Waals surface area contributed by atoms with Crippen LogP contribution >= 0.6 is 0 Å². The van der Waals surface area contributed by atoms with Crippen LogP contribution in [0.2, 0.25) is 0 Å². The highest BCUT2D eigenvalue weighted by molar-refractivity contribution is 7.89. The average Bonchev–Trinajstić information content (AvgIpc) is 3.29. The summed E-state index contributed by atoms with van der Waals surface area (Å²) in [5, 5.41) is 16.6. The van der Waals surface area contributed by atoms with Crippen LogP contribution in [0.1, 0.15) is 30.0 Å². The molecule has 154 valence electrons. The molecule has 1 aromatic heterocycles. The van der Waals surface area contributed by atoms with E-state index in [1.165, 1.54) is 16.4 Å². The van der Waals surface area contributed by atoms with Gasteiger partial charge in [0.1, 0.15) is 5.75 Å². The summed E-state index contributed by atoms with van der Waals surface area (Å²) in [6, 6.07) is 17.9. The lowest BCUT2D eigenvalue weighted by Crippen LogP contribution is -2.38. The maximum atomic E-state index is 12.9. The largest absolute Gasteiger partial charge is 0.497 e. The Morgan fingerprint density at radius 2 is 1.90 bits per heavy atom. The van der Waals surface area contributed by atoms with Crippen molar-refractivity contribution in [2.45, 2.75) is 23.7 Å². The van der Waals surface area contributed by atoms with Gasteiger partial charge in [0.05, 0.1) is 29.3 Å². The fraction of sp³-hybridized carbons (Fsp3) is 0.273. The van der Waals surface area contributed by atoms with Gasteiger partial charge >= 0.3 is 0 Å². The summed E-state index contributed by atoms with van der Waals surface area (Å²) in [6.07, 6.45) is 1.41. The number of sulfonamides is 1. The average molecular weight is 423 g/mol. The van der Waals surface area contributed by atoms with Gasteiger partial charge in [-0.25, -0.2) is 8.42 Å². The van der Waals surface area contributed by atoms with Crippen LogP contribution in [-0.2, 0) is 10.0 Å². The van der Waals surface area contributed by atoms with Crippen molar-refractivity contribution in [1.82, 2.24) is 14.5 Å². The summed E-state index contributed by atoms with van der Waals surface area (Å²) in [6.45, 7) is 0.856. The second-order valence-electron chi connectivity index (χ2n) is 7.26. The number of nitrogens with one attached hydrogen (secondary N) is 1. The first-order valence-electron chi connectivity index (χ1n) is 9.71. The highest BCUT2D eigenvalue weighted by Gasteiger charge is 2.30. The summed E-state index contributed by atoms with van der Waals surface area (Å²) in [4.78, 5) is 0.168. The summed E-state index contributed by atoms with van der Waals surface area (Å²) in [5.74, 6) is 0.991. The molecular weight excluding hydrogens is 400 g/mol. The third-order valence-corrected chi connectivity index (χ3v) is 7.35. The van der Waals surface area contributed by atoms with Gasteiger partial charge in [0.25, 0.3) is 0 Å². The summed E-state index contributed by atoms with van der Waals surface area (Å²) >= 11 is 0. The molecule has 0 bridgehead atoms. The molecule has 30 heavy (non-hydrogen) atoms. The van der Waals surface area contributed by atoms with Crippen LogP contribution < -0.4 is 4.74 Å². The number of methoxy groups -OCH3 is 1. The molecule has 0 radical (unpaired) electrons. The molecule has 0 atom stereocenters. The Hall–Kier alpha value is -3.15. The van der Waals surface area contributed by atoms with Gasteiger partial charge in [-0.3, -0.25) is 5.10 Å². The minimum Gasteiger partial charge on any atom is -0.497 e. The van der Waals surface area contributed by atoms with Crippen molar-refractivity contribution in [1.29, 1.82) is 5.26 Å². The molecule has 0 spiro atoms. The standard InChI is InChI=1S/C22H22N4O3S/c1-29-19-6-3-5-18(13-19)22-14-21(24-25-22)17-8-10-26(11-9-17)30(27,28)20-7-2-4-16(12-20)15-23/h2-7,12-14,17H,8-11H2,1H3,(H,24,25). The minimum absolute atomic E-state index is 0.168. The molecule has 1 fully saturated rings. The lowest BCUT2D eigenvalue weighted by molar-refractivity contribution is 0.316. The summed E-state index contributed by atoms with van der Waals surface area (Å²) < 4.78 is 32.6. The Morgan fingerprint density at radius 1 is 1.13 bits per heavy atom. The fourth-order valence-corrected chi connectivity index (χ4v) is 5.27. The number of piperidine rings is 1. The van der Waals surface area contributed by atoms with Crippen molar-refractivity contribution in [3.63, 3.8) is 0 Å². The Kier molecular flexibility index (Phi) is 5.57. The molecule has 1 aliphatic heterocycles. The third kappa shape index (κ3) is 3.95. The predicted molar refractivity (Wildman–Crippen MR) is 112 cm³/mol. The number of nitrogens with zero attached hydrogens (tertiary/aromatic N) is 3. The molecule has 8 heteroatoms. The molecule has 1 saturated heterocycles. The molecule has 0 aliphatic carbocycles. The zero-order valence-corrected chi connectivity index (χ0v) is 17.4. The van der Waals surface area contributed by atoms with Crippen molar-refractivity contribution in [2.75, 3.05) is 20.2 Å². The molecule has 3 aromatic rings. The summed E-state index contributed by atoms with van der Waals surface area (Å²) in [5.41, 5.74) is 3.16. The fourth-order valence-electron chi connectivity index (χ4n) is 3.76. The molecule has 0 unspecified atom stereocenters. The smallest absolute Gasteiger partial charge is 0.243 e. The number of hydrogen-bond acceptors (Lipinski definition) is 5. The lowest BCUT2D eigenvalue weighted by atomic mass is 9.94. The number of aromatic nitrogens is 2. The second kappa shape index (κ2) is 8.30. The van der Waals surface area contributed by atoms with E-state index in [0.717, 1.165) is 22.7 Å². The van der Waals surface area contributed by atoms with Crippen molar-refractivity contribution in [2.24, 2.45) is 0 Å². The third-order valence-electron chi connectivity index (χ3n) is 5.46. The van der Waals surface area contributed by atoms with Gasteiger partial charge in [-0.2, -0.15) is 14.7 Å². The zero-order chi connectivity index (χ0) is 21.1. The van der Waals surface area contributed by atoms with Gasteiger partial charge in [0.15, 0.2) is 0 Å². The van der Waals surface area contributed by atoms with E-state index in [4.69, 9.17) is 10.00 Å². The Balaban J connectivity index is 1.46. The van der Waals surface area contributed by atoms with Crippen LogP contribution in [0.4, 0.5) is 0 Å². The Labute approximate surface area is 176 Å². The topological polar surface area (TPSA) is 99.1 Å². The first-order chi connectivity index (χ1) is 14.5. The van der Waals surface area contributed by atoms with E-state index in [9.17, 15) is 8.42 Å².